The highest BCUT2D eigenvalue weighted by Crippen LogP contribution is 2.43. The van der Waals surface area contributed by atoms with E-state index in [1.54, 1.807) is 6.07 Å². The van der Waals surface area contributed by atoms with Crippen LogP contribution in [0.3, 0.4) is 0 Å². The number of fused-ring (bicyclic) bond motifs is 1. The predicted octanol–water partition coefficient (Wildman–Crippen LogP) is 3.48. The normalized spacial score (nSPS) is 23.4. The van der Waals surface area contributed by atoms with Gasteiger partial charge in [-0.15, -0.1) is 0 Å². The first-order valence-electron chi connectivity index (χ1n) is 7.94. The van der Waals surface area contributed by atoms with Crippen LogP contribution < -0.4 is 5.46 Å². The molecule has 2 fully saturated rings. The first-order valence-corrected chi connectivity index (χ1v) is 7.94. The number of benzene rings is 1. The Labute approximate surface area is 130 Å². The van der Waals surface area contributed by atoms with E-state index >= 15 is 0 Å². The number of halogens is 1. The van der Waals surface area contributed by atoms with Crippen LogP contribution in [-0.4, -0.2) is 23.3 Å². The van der Waals surface area contributed by atoms with Crippen molar-refractivity contribution in [3.05, 3.63) is 29.7 Å². The third-order valence-corrected chi connectivity index (χ3v) is 5.34. The number of aromatic amines is 1. The number of hydrogen-bond donors (Lipinski definition) is 1. The van der Waals surface area contributed by atoms with Gasteiger partial charge in [0.2, 0.25) is 0 Å². The van der Waals surface area contributed by atoms with E-state index in [1.807, 2.05) is 33.9 Å². The molecule has 1 aliphatic carbocycles. The van der Waals surface area contributed by atoms with Crippen LogP contribution in [0.25, 0.3) is 10.9 Å². The van der Waals surface area contributed by atoms with Crippen molar-refractivity contribution < 1.29 is 13.7 Å². The Morgan fingerprint density at radius 2 is 1.77 bits per heavy atom. The molecule has 0 unspecified atom stereocenters. The maximum Gasteiger partial charge on any atom is 0.497 e. The number of aromatic nitrogens is 1. The first kappa shape index (κ1) is 14.3. The van der Waals surface area contributed by atoms with Gasteiger partial charge in [0.15, 0.2) is 0 Å². The van der Waals surface area contributed by atoms with Crippen molar-refractivity contribution in [1.29, 1.82) is 0 Å². The highest BCUT2D eigenvalue weighted by atomic mass is 19.1. The summed E-state index contributed by atoms with van der Waals surface area (Å²) in [5.41, 5.74) is 2.04. The fraction of sp³-hybridized carbons (Fsp3) is 0.529. The van der Waals surface area contributed by atoms with Gasteiger partial charge in [-0.25, -0.2) is 4.39 Å². The second-order valence-electron chi connectivity index (χ2n) is 7.52. The van der Waals surface area contributed by atoms with Gasteiger partial charge in [-0.2, -0.15) is 0 Å². The van der Waals surface area contributed by atoms with E-state index in [1.165, 1.54) is 24.5 Å². The summed E-state index contributed by atoms with van der Waals surface area (Å²) < 4.78 is 26.3. The molecule has 0 spiro atoms. The quantitative estimate of drug-likeness (QED) is 0.862. The second-order valence-corrected chi connectivity index (χ2v) is 7.52. The Hall–Kier alpha value is -1.33. The zero-order chi connectivity index (χ0) is 15.7. The van der Waals surface area contributed by atoms with Gasteiger partial charge in [0, 0.05) is 22.6 Å². The summed E-state index contributed by atoms with van der Waals surface area (Å²) in [6, 6.07) is 3.14. The van der Waals surface area contributed by atoms with Crippen molar-refractivity contribution in [3.8, 4) is 0 Å². The van der Waals surface area contributed by atoms with Crippen molar-refractivity contribution in [3.63, 3.8) is 0 Å². The van der Waals surface area contributed by atoms with Gasteiger partial charge < -0.3 is 14.3 Å². The molecule has 0 amide bonds. The molecule has 1 aliphatic heterocycles. The van der Waals surface area contributed by atoms with Crippen molar-refractivity contribution >= 4 is 23.5 Å². The van der Waals surface area contributed by atoms with Gasteiger partial charge in [0.05, 0.1) is 11.2 Å². The molecule has 2 aromatic rings. The molecule has 4 rings (SSSR count). The van der Waals surface area contributed by atoms with Crippen molar-refractivity contribution in [2.75, 3.05) is 0 Å². The Morgan fingerprint density at radius 1 is 1.14 bits per heavy atom. The third kappa shape index (κ3) is 2.03. The maximum atomic E-state index is 14.2. The molecule has 1 saturated carbocycles. The lowest BCUT2D eigenvalue weighted by Gasteiger charge is -2.32. The molecule has 116 valence electrons. The zero-order valence-electron chi connectivity index (χ0n) is 13.5. The van der Waals surface area contributed by atoms with E-state index in [0.717, 1.165) is 16.4 Å². The van der Waals surface area contributed by atoms with Gasteiger partial charge in [-0.1, -0.05) is 0 Å². The maximum absolute atomic E-state index is 14.2. The number of nitrogens with one attached hydrogen (secondary N) is 1. The van der Waals surface area contributed by atoms with E-state index < -0.39 is 18.3 Å². The molecule has 5 heteroatoms. The fourth-order valence-corrected chi connectivity index (χ4v) is 3.13. The predicted molar refractivity (Wildman–Crippen MR) is 85.9 cm³/mol. The molecule has 1 aromatic heterocycles. The van der Waals surface area contributed by atoms with E-state index in [9.17, 15) is 4.39 Å². The Kier molecular flexibility index (Phi) is 2.83. The Bertz CT molecular complexity index is 732. The summed E-state index contributed by atoms with van der Waals surface area (Å²) >= 11 is 0. The lowest BCUT2D eigenvalue weighted by molar-refractivity contribution is 0.00578. The van der Waals surface area contributed by atoms with Crippen molar-refractivity contribution in [2.45, 2.75) is 57.7 Å². The van der Waals surface area contributed by atoms with Crippen LogP contribution in [0.1, 0.15) is 52.0 Å². The standard InChI is InChI=1S/C17H21BFNO2/c1-16(2)17(3,4)22-18(21-16)14-8-11(19)7-12-13(10-5-6-10)9-20-15(12)14/h7-10,20H,5-6H2,1-4H3. The van der Waals surface area contributed by atoms with Crippen LogP contribution in [0.4, 0.5) is 4.39 Å². The number of rotatable bonds is 2. The van der Waals surface area contributed by atoms with Crippen LogP contribution in [0.2, 0.25) is 0 Å². The minimum atomic E-state index is -0.547. The monoisotopic (exact) mass is 301 g/mol. The van der Waals surface area contributed by atoms with Gasteiger partial charge in [0.1, 0.15) is 5.82 Å². The SMILES string of the molecule is CC1(C)OB(c2cc(F)cc3c(C4CC4)c[nH]c23)OC1(C)C. The van der Waals surface area contributed by atoms with Crippen LogP contribution in [0.15, 0.2) is 18.3 Å². The molecular weight excluding hydrogens is 280 g/mol. The van der Waals surface area contributed by atoms with Crippen LogP contribution in [0.5, 0.6) is 0 Å². The highest BCUT2D eigenvalue weighted by molar-refractivity contribution is 6.65. The average molecular weight is 301 g/mol. The van der Waals surface area contributed by atoms with Crippen molar-refractivity contribution in [2.24, 2.45) is 0 Å². The molecule has 0 radical (unpaired) electrons. The highest BCUT2D eigenvalue weighted by Gasteiger charge is 2.52. The minimum absolute atomic E-state index is 0.237. The molecule has 0 atom stereocenters. The minimum Gasteiger partial charge on any atom is -0.399 e. The molecule has 2 heterocycles. The van der Waals surface area contributed by atoms with Crippen LogP contribution in [0, 0.1) is 5.82 Å². The summed E-state index contributed by atoms with van der Waals surface area (Å²) in [5, 5.41) is 0.965. The molecule has 1 saturated heterocycles. The van der Waals surface area contributed by atoms with E-state index in [4.69, 9.17) is 9.31 Å². The number of hydrogen-bond acceptors (Lipinski definition) is 2. The van der Waals surface area contributed by atoms with Gasteiger partial charge in [0.25, 0.3) is 0 Å². The molecule has 0 bridgehead atoms. The number of H-pyrrole nitrogens is 1. The lowest BCUT2D eigenvalue weighted by Crippen LogP contribution is -2.41. The third-order valence-electron chi connectivity index (χ3n) is 5.34. The smallest absolute Gasteiger partial charge is 0.399 e. The lowest BCUT2D eigenvalue weighted by atomic mass is 9.77. The first-order chi connectivity index (χ1) is 10.3. The summed E-state index contributed by atoms with van der Waals surface area (Å²) in [7, 11) is -0.547. The van der Waals surface area contributed by atoms with E-state index in [0.29, 0.717) is 5.92 Å². The Morgan fingerprint density at radius 3 is 2.36 bits per heavy atom. The zero-order valence-corrected chi connectivity index (χ0v) is 13.5. The molecule has 2 aliphatic rings. The van der Waals surface area contributed by atoms with Gasteiger partial charge in [-0.3, -0.25) is 0 Å². The molecule has 1 N–H and O–H groups in total. The molecule has 1 aromatic carbocycles. The van der Waals surface area contributed by atoms with E-state index in [-0.39, 0.29) is 5.82 Å². The molecule has 3 nitrogen and oxygen atoms in total. The summed E-state index contributed by atoms with van der Waals surface area (Å²) in [6.07, 6.45) is 4.39. The molecular formula is C17H21BFNO2. The summed E-state index contributed by atoms with van der Waals surface area (Å²) in [4.78, 5) is 3.31. The average Bonchev–Trinajstić information content (AvgIpc) is 3.12. The second kappa shape index (κ2) is 4.36. The van der Waals surface area contributed by atoms with Crippen molar-refractivity contribution in [1.82, 2.24) is 4.98 Å². The van der Waals surface area contributed by atoms with E-state index in [2.05, 4.69) is 4.98 Å². The topological polar surface area (TPSA) is 34.2 Å². The van der Waals surface area contributed by atoms with Crippen LogP contribution in [-0.2, 0) is 9.31 Å². The van der Waals surface area contributed by atoms with Gasteiger partial charge >= 0.3 is 7.12 Å². The summed E-state index contributed by atoms with van der Waals surface area (Å²) in [6.45, 7) is 8.03. The van der Waals surface area contributed by atoms with Gasteiger partial charge in [-0.05, 0) is 64.2 Å². The summed E-state index contributed by atoms with van der Waals surface area (Å²) in [5.74, 6) is 0.334. The Balaban J connectivity index is 1.82. The largest absolute Gasteiger partial charge is 0.497 e. The van der Waals surface area contributed by atoms with Crippen LogP contribution >= 0.6 is 0 Å². The molecule has 22 heavy (non-hydrogen) atoms. The fourth-order valence-electron chi connectivity index (χ4n) is 3.13.